The average molecular weight is 372 g/mol. The summed E-state index contributed by atoms with van der Waals surface area (Å²) in [4.78, 5) is 8.64. The molecule has 0 aliphatic rings. The third kappa shape index (κ3) is 4.22. The van der Waals surface area contributed by atoms with Crippen LogP contribution in [0.2, 0.25) is 5.02 Å². The summed E-state index contributed by atoms with van der Waals surface area (Å²) >= 11 is 9.45. The standard InChI is InChI=1S/C14H16BrClN4O/c1-3-6-17-14-18-8-10(15)13(20-14)19-9-4-5-11(16)12(7-9)21-2/h4-5,7-8H,3,6H2,1-2H3,(H2,17,18,19,20). The van der Waals surface area contributed by atoms with Gasteiger partial charge >= 0.3 is 0 Å². The normalized spacial score (nSPS) is 10.3. The molecule has 0 amide bonds. The molecule has 0 unspecified atom stereocenters. The van der Waals surface area contributed by atoms with Crippen molar-refractivity contribution in [2.45, 2.75) is 13.3 Å². The van der Waals surface area contributed by atoms with Gasteiger partial charge in [-0.1, -0.05) is 18.5 Å². The summed E-state index contributed by atoms with van der Waals surface area (Å²) in [6.07, 6.45) is 2.72. The minimum Gasteiger partial charge on any atom is -0.495 e. The maximum atomic E-state index is 6.02. The minimum atomic E-state index is 0.565. The second-order valence-electron chi connectivity index (χ2n) is 4.29. The van der Waals surface area contributed by atoms with Gasteiger partial charge in [0.25, 0.3) is 0 Å². The Morgan fingerprint density at radius 2 is 2.19 bits per heavy atom. The zero-order valence-electron chi connectivity index (χ0n) is 11.8. The maximum Gasteiger partial charge on any atom is 0.224 e. The van der Waals surface area contributed by atoms with Crippen LogP contribution < -0.4 is 15.4 Å². The van der Waals surface area contributed by atoms with Crippen LogP contribution in [0.4, 0.5) is 17.5 Å². The molecule has 2 rings (SSSR count). The van der Waals surface area contributed by atoms with Crippen LogP contribution in [0.15, 0.2) is 28.9 Å². The van der Waals surface area contributed by atoms with Crippen molar-refractivity contribution in [3.63, 3.8) is 0 Å². The van der Waals surface area contributed by atoms with E-state index < -0.39 is 0 Å². The van der Waals surface area contributed by atoms with Crippen LogP contribution in [0.5, 0.6) is 5.75 Å². The first-order valence-electron chi connectivity index (χ1n) is 6.51. The zero-order valence-corrected chi connectivity index (χ0v) is 14.1. The summed E-state index contributed by atoms with van der Waals surface area (Å²) in [5.41, 5.74) is 0.831. The molecule has 21 heavy (non-hydrogen) atoms. The molecule has 0 aliphatic carbocycles. The van der Waals surface area contributed by atoms with Crippen molar-refractivity contribution in [1.82, 2.24) is 9.97 Å². The highest BCUT2D eigenvalue weighted by atomic mass is 79.9. The summed E-state index contributed by atoms with van der Waals surface area (Å²) in [5, 5.41) is 6.93. The molecule has 0 fully saturated rings. The number of aromatic nitrogens is 2. The van der Waals surface area contributed by atoms with Crippen LogP contribution in [-0.4, -0.2) is 23.6 Å². The molecule has 0 saturated carbocycles. The molecule has 0 bridgehead atoms. The topological polar surface area (TPSA) is 59.1 Å². The smallest absolute Gasteiger partial charge is 0.224 e. The second-order valence-corrected chi connectivity index (χ2v) is 5.55. The molecule has 0 radical (unpaired) electrons. The number of anilines is 3. The fourth-order valence-corrected chi connectivity index (χ4v) is 2.14. The minimum absolute atomic E-state index is 0.565. The molecule has 0 aliphatic heterocycles. The van der Waals surface area contributed by atoms with E-state index in [1.54, 1.807) is 19.4 Å². The predicted molar refractivity (Wildman–Crippen MR) is 89.8 cm³/mol. The van der Waals surface area contributed by atoms with Gasteiger partial charge in [-0.15, -0.1) is 0 Å². The molecule has 1 aromatic heterocycles. The molecule has 5 nitrogen and oxygen atoms in total. The van der Waals surface area contributed by atoms with E-state index >= 15 is 0 Å². The SMILES string of the molecule is CCCNc1ncc(Br)c(Nc2ccc(Cl)c(OC)c2)n1. The van der Waals surface area contributed by atoms with E-state index in [9.17, 15) is 0 Å². The highest BCUT2D eigenvalue weighted by molar-refractivity contribution is 9.10. The Hall–Kier alpha value is -1.53. The summed E-state index contributed by atoms with van der Waals surface area (Å²) < 4.78 is 5.98. The van der Waals surface area contributed by atoms with Crippen LogP contribution >= 0.6 is 27.5 Å². The van der Waals surface area contributed by atoms with Crippen molar-refractivity contribution < 1.29 is 4.74 Å². The van der Waals surface area contributed by atoms with Crippen molar-refractivity contribution in [3.8, 4) is 5.75 Å². The fraction of sp³-hybridized carbons (Fsp3) is 0.286. The number of methoxy groups -OCH3 is 1. The Bertz CT molecular complexity index is 624. The van der Waals surface area contributed by atoms with E-state index in [4.69, 9.17) is 16.3 Å². The molecule has 112 valence electrons. The van der Waals surface area contributed by atoms with Crippen molar-refractivity contribution in [1.29, 1.82) is 0 Å². The van der Waals surface area contributed by atoms with Gasteiger partial charge in [0.05, 0.1) is 16.6 Å². The molecule has 2 N–H and O–H groups in total. The average Bonchev–Trinajstić information content (AvgIpc) is 2.50. The first kappa shape index (κ1) is 15.9. The van der Waals surface area contributed by atoms with E-state index in [0.717, 1.165) is 23.1 Å². The van der Waals surface area contributed by atoms with Gasteiger partial charge in [0.15, 0.2) is 0 Å². The molecular weight excluding hydrogens is 356 g/mol. The van der Waals surface area contributed by atoms with E-state index in [-0.39, 0.29) is 0 Å². The third-order valence-electron chi connectivity index (χ3n) is 2.69. The van der Waals surface area contributed by atoms with Crippen LogP contribution in [0.3, 0.4) is 0 Å². The van der Waals surface area contributed by atoms with Crippen LogP contribution in [0, 0.1) is 0 Å². The van der Waals surface area contributed by atoms with Crippen LogP contribution in [0.1, 0.15) is 13.3 Å². The summed E-state index contributed by atoms with van der Waals surface area (Å²) in [5.74, 6) is 1.87. The first-order chi connectivity index (χ1) is 10.1. The number of hydrogen-bond donors (Lipinski definition) is 2. The van der Waals surface area contributed by atoms with Crippen LogP contribution in [0.25, 0.3) is 0 Å². The van der Waals surface area contributed by atoms with Gasteiger partial charge in [-0.05, 0) is 34.5 Å². The molecule has 0 spiro atoms. The number of nitrogens with zero attached hydrogens (tertiary/aromatic N) is 2. The Balaban J connectivity index is 2.22. The summed E-state index contributed by atoms with van der Waals surface area (Å²) in [6.45, 7) is 2.92. The van der Waals surface area contributed by atoms with Gasteiger partial charge in [-0.2, -0.15) is 4.98 Å². The number of rotatable bonds is 6. The summed E-state index contributed by atoms with van der Waals surface area (Å²) in [6, 6.07) is 5.45. The van der Waals surface area contributed by atoms with Crippen LogP contribution in [-0.2, 0) is 0 Å². The number of hydrogen-bond acceptors (Lipinski definition) is 5. The van der Waals surface area contributed by atoms with E-state index in [1.165, 1.54) is 0 Å². The lowest BCUT2D eigenvalue weighted by Crippen LogP contribution is -2.06. The second kappa shape index (κ2) is 7.47. The molecular formula is C14H16BrClN4O. The molecule has 0 saturated heterocycles. The van der Waals surface area contributed by atoms with Crippen molar-refractivity contribution in [3.05, 3.63) is 33.9 Å². The quantitative estimate of drug-likeness (QED) is 0.784. The molecule has 7 heteroatoms. The van der Waals surface area contributed by atoms with E-state index in [2.05, 4.69) is 43.5 Å². The van der Waals surface area contributed by atoms with Gasteiger partial charge in [0.1, 0.15) is 11.6 Å². The first-order valence-corrected chi connectivity index (χ1v) is 7.68. The van der Waals surface area contributed by atoms with Gasteiger partial charge in [-0.25, -0.2) is 4.98 Å². The van der Waals surface area contributed by atoms with E-state index in [0.29, 0.717) is 22.5 Å². The Kier molecular flexibility index (Phi) is 5.64. The van der Waals surface area contributed by atoms with Gasteiger partial charge < -0.3 is 15.4 Å². The molecule has 2 aromatic rings. The Morgan fingerprint density at radius 1 is 1.38 bits per heavy atom. The number of ether oxygens (including phenoxy) is 1. The van der Waals surface area contributed by atoms with Crippen molar-refractivity contribution in [2.75, 3.05) is 24.3 Å². The largest absolute Gasteiger partial charge is 0.495 e. The number of halogens is 2. The molecule has 1 aromatic carbocycles. The highest BCUT2D eigenvalue weighted by Gasteiger charge is 2.07. The highest BCUT2D eigenvalue weighted by Crippen LogP contribution is 2.30. The predicted octanol–water partition coefficient (Wildman–Crippen LogP) is 4.47. The molecule has 1 heterocycles. The monoisotopic (exact) mass is 370 g/mol. The summed E-state index contributed by atoms with van der Waals surface area (Å²) in [7, 11) is 1.58. The Labute approximate surface area is 137 Å². The lowest BCUT2D eigenvalue weighted by Gasteiger charge is -2.11. The van der Waals surface area contributed by atoms with Gasteiger partial charge in [-0.3, -0.25) is 0 Å². The zero-order chi connectivity index (χ0) is 15.2. The third-order valence-corrected chi connectivity index (χ3v) is 3.58. The van der Waals surface area contributed by atoms with E-state index in [1.807, 2.05) is 12.1 Å². The van der Waals surface area contributed by atoms with Crippen molar-refractivity contribution >= 4 is 45.0 Å². The number of nitrogens with one attached hydrogen (secondary N) is 2. The van der Waals surface area contributed by atoms with Gasteiger partial charge in [0, 0.05) is 24.5 Å². The lowest BCUT2D eigenvalue weighted by molar-refractivity contribution is 0.415. The number of benzene rings is 1. The lowest BCUT2D eigenvalue weighted by atomic mass is 10.3. The maximum absolute atomic E-state index is 6.02. The van der Waals surface area contributed by atoms with Gasteiger partial charge in [0.2, 0.25) is 5.95 Å². The molecule has 0 atom stereocenters. The van der Waals surface area contributed by atoms with Crippen molar-refractivity contribution in [2.24, 2.45) is 0 Å². The Morgan fingerprint density at radius 3 is 2.90 bits per heavy atom. The fourth-order valence-electron chi connectivity index (χ4n) is 1.65.